The number of hydrogen-bond donors (Lipinski definition) is 0. The molecule has 0 aromatic heterocycles. The maximum absolute atomic E-state index is 12.8. The second kappa shape index (κ2) is 53.2. The molecule has 0 amide bonds. The third-order valence-corrected chi connectivity index (χ3v) is 10.6. The van der Waals surface area contributed by atoms with Crippen molar-refractivity contribution in [3.05, 3.63) is 134 Å². The van der Waals surface area contributed by atoms with E-state index < -0.39 is 6.10 Å². The molecule has 6 heteroatoms. The Morgan fingerprint density at radius 3 is 0.924 bits per heavy atom. The van der Waals surface area contributed by atoms with Crippen LogP contribution in [0.2, 0.25) is 0 Å². The molecule has 0 saturated carbocycles. The van der Waals surface area contributed by atoms with E-state index in [0.717, 1.165) is 135 Å². The van der Waals surface area contributed by atoms with Gasteiger partial charge in [0.05, 0.1) is 0 Å². The fourth-order valence-corrected chi connectivity index (χ4v) is 6.70. The average Bonchev–Trinajstić information content (AvgIpc) is 3.31. The first-order valence-corrected chi connectivity index (χ1v) is 26.3. The highest BCUT2D eigenvalue weighted by Crippen LogP contribution is 2.13. The lowest BCUT2D eigenvalue weighted by atomic mass is 10.1. The molecule has 0 aliphatic rings. The zero-order chi connectivity index (χ0) is 47.9. The first kappa shape index (κ1) is 61.5. The number of hydrogen-bond acceptors (Lipinski definition) is 6. The molecule has 1 atom stereocenters. The Morgan fingerprint density at radius 1 is 0.318 bits per heavy atom. The molecule has 0 saturated heterocycles. The van der Waals surface area contributed by atoms with E-state index in [9.17, 15) is 14.4 Å². The molecular weight excluding hydrogens is 817 g/mol. The second-order valence-corrected chi connectivity index (χ2v) is 16.9. The standard InChI is InChI=1S/C60H94O6/c1-4-7-10-13-16-19-22-25-28-29-30-33-35-38-41-44-47-50-53-59(62)65-56-57(66-60(63)54-51-48-45-42-39-36-32-27-24-21-18-15-12-9-6-3)55-64-58(61)52-49-46-43-40-37-34-31-26-23-20-17-14-11-8-5-2/h8-9,11-12,14-15,17-18,20-33,57H,4-7,10,13,16,19,34-56H2,1-3H3/b11-8-,12-9-,17-14-,18-15-,23-20-,24-21-,25-22-,29-28-,31-26-,32-27-,33-30-. The Bertz CT molecular complexity index is 1460. The maximum atomic E-state index is 12.8. The van der Waals surface area contributed by atoms with Crippen LogP contribution in [0.4, 0.5) is 0 Å². The summed E-state index contributed by atoms with van der Waals surface area (Å²) >= 11 is 0. The molecule has 0 radical (unpaired) electrons. The van der Waals surface area contributed by atoms with Crippen LogP contribution in [0.3, 0.4) is 0 Å². The topological polar surface area (TPSA) is 78.9 Å². The zero-order valence-corrected chi connectivity index (χ0v) is 42.1. The van der Waals surface area contributed by atoms with Crippen LogP contribution in [0.1, 0.15) is 207 Å². The molecule has 0 rings (SSSR count). The van der Waals surface area contributed by atoms with Crippen LogP contribution in [0.15, 0.2) is 134 Å². The van der Waals surface area contributed by atoms with Crippen molar-refractivity contribution in [1.82, 2.24) is 0 Å². The third-order valence-electron chi connectivity index (χ3n) is 10.6. The molecule has 6 nitrogen and oxygen atoms in total. The Balaban J connectivity index is 4.54. The summed E-state index contributed by atoms with van der Waals surface area (Å²) in [7, 11) is 0. The second-order valence-electron chi connectivity index (χ2n) is 16.9. The van der Waals surface area contributed by atoms with Crippen molar-refractivity contribution in [2.75, 3.05) is 13.2 Å². The van der Waals surface area contributed by atoms with Crippen molar-refractivity contribution in [2.24, 2.45) is 0 Å². The Morgan fingerprint density at radius 2 is 0.591 bits per heavy atom. The van der Waals surface area contributed by atoms with Gasteiger partial charge in [-0.1, -0.05) is 238 Å². The smallest absolute Gasteiger partial charge is 0.306 e. The van der Waals surface area contributed by atoms with Gasteiger partial charge in [0.1, 0.15) is 13.2 Å². The first-order valence-electron chi connectivity index (χ1n) is 26.3. The number of unbranched alkanes of at least 4 members (excludes halogenated alkanes) is 20. The van der Waals surface area contributed by atoms with Crippen molar-refractivity contribution < 1.29 is 28.6 Å². The lowest BCUT2D eigenvalue weighted by Gasteiger charge is -2.18. The molecule has 0 bridgehead atoms. The monoisotopic (exact) mass is 911 g/mol. The SMILES string of the molecule is CC\C=C/C=C\C=C/C=C\CCCCCCCC(=O)OCC(COC(=O)CCCCCCC\C=C/C=C\C=C/CCCCCCC)OC(=O)CCCCCCC\C=C/C=C\C=C/C=C\CC. The van der Waals surface area contributed by atoms with Crippen LogP contribution in [0.25, 0.3) is 0 Å². The maximum Gasteiger partial charge on any atom is 0.306 e. The van der Waals surface area contributed by atoms with Crippen molar-refractivity contribution in [3.8, 4) is 0 Å². The summed E-state index contributed by atoms with van der Waals surface area (Å²) in [6.45, 7) is 6.27. The van der Waals surface area contributed by atoms with Crippen molar-refractivity contribution in [1.29, 1.82) is 0 Å². The molecule has 66 heavy (non-hydrogen) atoms. The van der Waals surface area contributed by atoms with Crippen molar-refractivity contribution in [3.63, 3.8) is 0 Å². The lowest BCUT2D eigenvalue weighted by molar-refractivity contribution is -0.167. The summed E-state index contributed by atoms with van der Waals surface area (Å²) in [6, 6.07) is 0. The van der Waals surface area contributed by atoms with Gasteiger partial charge in [-0.05, 0) is 83.5 Å². The molecule has 0 aliphatic carbocycles. The van der Waals surface area contributed by atoms with E-state index in [1.165, 1.54) is 32.1 Å². The highest BCUT2D eigenvalue weighted by Gasteiger charge is 2.19. The van der Waals surface area contributed by atoms with Gasteiger partial charge in [0.15, 0.2) is 6.10 Å². The minimum absolute atomic E-state index is 0.111. The third kappa shape index (κ3) is 50.5. The van der Waals surface area contributed by atoms with E-state index in [-0.39, 0.29) is 37.5 Å². The molecular formula is C60H94O6. The highest BCUT2D eigenvalue weighted by atomic mass is 16.6. The van der Waals surface area contributed by atoms with Gasteiger partial charge in [0.25, 0.3) is 0 Å². The van der Waals surface area contributed by atoms with Crippen LogP contribution in [0, 0.1) is 0 Å². The summed E-state index contributed by atoms with van der Waals surface area (Å²) in [4.78, 5) is 38.0. The van der Waals surface area contributed by atoms with E-state index in [2.05, 4.69) is 106 Å². The van der Waals surface area contributed by atoms with Gasteiger partial charge in [0, 0.05) is 19.3 Å². The molecule has 0 fully saturated rings. The summed E-state index contributed by atoms with van der Waals surface area (Å²) in [5, 5.41) is 0. The number of ether oxygens (including phenoxy) is 3. The number of rotatable bonds is 45. The lowest BCUT2D eigenvalue weighted by Crippen LogP contribution is -2.30. The number of carbonyl (C=O) groups is 3. The molecule has 0 N–H and O–H groups in total. The van der Waals surface area contributed by atoms with Gasteiger partial charge >= 0.3 is 17.9 Å². The molecule has 0 spiro atoms. The number of esters is 3. The minimum atomic E-state index is -0.814. The zero-order valence-electron chi connectivity index (χ0n) is 42.1. The summed E-state index contributed by atoms with van der Waals surface area (Å²) in [5.41, 5.74) is 0. The molecule has 0 aromatic carbocycles. The molecule has 370 valence electrons. The molecule has 0 heterocycles. The minimum Gasteiger partial charge on any atom is -0.462 e. The first-order chi connectivity index (χ1) is 32.5. The summed E-state index contributed by atoms with van der Waals surface area (Å²) < 4.78 is 16.8. The van der Waals surface area contributed by atoms with Crippen LogP contribution in [-0.4, -0.2) is 37.2 Å². The predicted molar refractivity (Wildman–Crippen MR) is 283 cm³/mol. The highest BCUT2D eigenvalue weighted by molar-refractivity contribution is 5.71. The van der Waals surface area contributed by atoms with Crippen molar-refractivity contribution >= 4 is 17.9 Å². The van der Waals surface area contributed by atoms with Gasteiger partial charge in [-0.15, -0.1) is 0 Å². The van der Waals surface area contributed by atoms with Crippen LogP contribution in [-0.2, 0) is 28.6 Å². The normalized spacial score (nSPS) is 13.2. The van der Waals surface area contributed by atoms with Gasteiger partial charge in [-0.25, -0.2) is 0 Å². The van der Waals surface area contributed by atoms with Gasteiger partial charge in [0.2, 0.25) is 0 Å². The summed E-state index contributed by atoms with van der Waals surface area (Å²) in [6.07, 6.45) is 74.2. The predicted octanol–water partition coefficient (Wildman–Crippen LogP) is 17.5. The largest absolute Gasteiger partial charge is 0.462 e. The molecule has 0 aliphatic heterocycles. The van der Waals surface area contributed by atoms with E-state index in [1.54, 1.807) is 0 Å². The number of allylic oxidation sites excluding steroid dienone is 22. The van der Waals surface area contributed by atoms with Crippen LogP contribution < -0.4 is 0 Å². The van der Waals surface area contributed by atoms with E-state index in [4.69, 9.17) is 14.2 Å². The summed E-state index contributed by atoms with van der Waals surface area (Å²) in [5.74, 6) is -0.985. The molecule has 1 unspecified atom stereocenters. The van der Waals surface area contributed by atoms with E-state index in [0.29, 0.717) is 12.8 Å². The van der Waals surface area contributed by atoms with Gasteiger partial charge in [-0.3, -0.25) is 14.4 Å². The van der Waals surface area contributed by atoms with Gasteiger partial charge in [-0.2, -0.15) is 0 Å². The Kier molecular flexibility index (Phi) is 49.6. The average molecular weight is 911 g/mol. The Hall–Kier alpha value is -4.45. The van der Waals surface area contributed by atoms with Gasteiger partial charge < -0.3 is 14.2 Å². The van der Waals surface area contributed by atoms with Crippen LogP contribution in [0.5, 0.6) is 0 Å². The number of carbonyl (C=O) groups excluding carboxylic acids is 3. The van der Waals surface area contributed by atoms with E-state index >= 15 is 0 Å². The Labute approximate surface area is 405 Å². The van der Waals surface area contributed by atoms with Crippen molar-refractivity contribution in [2.45, 2.75) is 213 Å². The van der Waals surface area contributed by atoms with Crippen LogP contribution >= 0.6 is 0 Å². The quantitative estimate of drug-likeness (QED) is 0.0262. The molecule has 0 aromatic rings. The van der Waals surface area contributed by atoms with E-state index in [1.807, 2.05) is 48.6 Å². The fraction of sp³-hybridized carbons (Fsp3) is 0.583. The fourth-order valence-electron chi connectivity index (χ4n) is 6.70.